The van der Waals surface area contributed by atoms with Gasteiger partial charge in [-0.2, -0.15) is 4.98 Å². The van der Waals surface area contributed by atoms with Crippen LogP contribution in [0.4, 0.5) is 17.5 Å². The number of aromatic nitrogens is 2. The Bertz CT molecular complexity index is 797. The fourth-order valence-corrected chi connectivity index (χ4v) is 3.32. The summed E-state index contributed by atoms with van der Waals surface area (Å²) in [5, 5.41) is 12.4. The van der Waals surface area contributed by atoms with E-state index in [2.05, 4.69) is 20.2 Å². The number of hydrogen-bond donors (Lipinski definition) is 2. The summed E-state index contributed by atoms with van der Waals surface area (Å²) in [4.78, 5) is 22.3. The van der Waals surface area contributed by atoms with Gasteiger partial charge < -0.3 is 24.8 Å². The first-order valence-corrected chi connectivity index (χ1v) is 8.60. The summed E-state index contributed by atoms with van der Waals surface area (Å²) in [6, 6.07) is 8.46. The molecule has 2 aliphatic heterocycles. The molecule has 0 amide bonds. The number of carboxylic acid groups (broad SMARTS) is 1. The Morgan fingerprint density at radius 3 is 2.62 bits per heavy atom. The van der Waals surface area contributed by atoms with Crippen molar-refractivity contribution in [1.82, 2.24) is 9.97 Å². The first-order valence-electron chi connectivity index (χ1n) is 8.60. The molecule has 136 valence electrons. The summed E-state index contributed by atoms with van der Waals surface area (Å²) in [6.45, 7) is 2.79. The van der Waals surface area contributed by atoms with Crippen molar-refractivity contribution in [2.45, 2.75) is 18.6 Å². The highest BCUT2D eigenvalue weighted by Crippen LogP contribution is 2.32. The van der Waals surface area contributed by atoms with Gasteiger partial charge >= 0.3 is 5.97 Å². The minimum absolute atomic E-state index is 0.197. The van der Waals surface area contributed by atoms with Gasteiger partial charge in [0.25, 0.3) is 0 Å². The molecule has 1 spiro atoms. The molecule has 2 fully saturated rings. The number of nitrogens with one attached hydrogen (secondary N) is 1. The van der Waals surface area contributed by atoms with Crippen LogP contribution in [0.3, 0.4) is 0 Å². The van der Waals surface area contributed by atoms with Crippen LogP contribution in [0.15, 0.2) is 36.5 Å². The molecule has 1 aromatic carbocycles. The zero-order chi connectivity index (χ0) is 18.0. The van der Waals surface area contributed by atoms with Crippen LogP contribution in [-0.4, -0.2) is 53.1 Å². The molecule has 0 bridgehead atoms. The van der Waals surface area contributed by atoms with Crippen LogP contribution in [0, 0.1) is 0 Å². The van der Waals surface area contributed by atoms with Crippen LogP contribution in [0.1, 0.15) is 23.2 Å². The zero-order valence-electron chi connectivity index (χ0n) is 14.2. The SMILES string of the molecule is O=C(O)c1ccccc1Nc1ccnc(N2CCC3(CC2)OCCO3)n1. The van der Waals surface area contributed by atoms with E-state index in [1.54, 1.807) is 36.5 Å². The standard InChI is InChI=1S/C18H20N4O4/c23-16(24)13-3-1-2-4-14(13)20-15-5-8-19-17(21-15)22-9-6-18(7-10-22)25-11-12-26-18/h1-5,8H,6-7,9-12H2,(H,23,24)(H,19,20,21). The van der Waals surface area contributed by atoms with Gasteiger partial charge in [-0.3, -0.25) is 0 Å². The first-order chi connectivity index (χ1) is 12.7. The average Bonchev–Trinajstić information content (AvgIpc) is 3.11. The van der Waals surface area contributed by atoms with Crippen molar-refractivity contribution in [3.63, 3.8) is 0 Å². The lowest BCUT2D eigenvalue weighted by molar-refractivity contribution is -0.169. The summed E-state index contributed by atoms with van der Waals surface area (Å²) in [5.74, 6) is -0.263. The number of carboxylic acids is 1. The monoisotopic (exact) mass is 356 g/mol. The molecule has 4 rings (SSSR count). The van der Waals surface area contributed by atoms with Crippen LogP contribution >= 0.6 is 0 Å². The van der Waals surface area contributed by atoms with Crippen molar-refractivity contribution >= 4 is 23.4 Å². The number of ether oxygens (including phenoxy) is 2. The average molecular weight is 356 g/mol. The predicted octanol–water partition coefficient (Wildman–Crippen LogP) is 2.26. The fraction of sp³-hybridized carbons (Fsp3) is 0.389. The molecular formula is C18H20N4O4. The number of hydrogen-bond acceptors (Lipinski definition) is 7. The molecule has 8 nitrogen and oxygen atoms in total. The number of piperidine rings is 1. The van der Waals surface area contributed by atoms with E-state index in [4.69, 9.17) is 9.47 Å². The Kier molecular flexibility index (Phi) is 4.44. The minimum Gasteiger partial charge on any atom is -0.478 e. The lowest BCUT2D eigenvalue weighted by atomic mass is 10.0. The third kappa shape index (κ3) is 3.33. The first kappa shape index (κ1) is 16.7. The second-order valence-corrected chi connectivity index (χ2v) is 6.31. The number of benzene rings is 1. The molecule has 2 aromatic rings. The van der Waals surface area contributed by atoms with Crippen LogP contribution < -0.4 is 10.2 Å². The fourth-order valence-electron chi connectivity index (χ4n) is 3.32. The molecule has 0 saturated carbocycles. The summed E-state index contributed by atoms with van der Waals surface area (Å²) in [7, 11) is 0. The van der Waals surface area contributed by atoms with Gasteiger partial charge in [0.05, 0.1) is 24.5 Å². The topological polar surface area (TPSA) is 96.8 Å². The molecule has 2 aliphatic rings. The van der Waals surface area contributed by atoms with Crippen molar-refractivity contribution in [2.75, 3.05) is 36.5 Å². The Labute approximate surface area is 150 Å². The van der Waals surface area contributed by atoms with E-state index in [-0.39, 0.29) is 5.56 Å². The Morgan fingerprint density at radius 2 is 1.88 bits per heavy atom. The maximum absolute atomic E-state index is 11.3. The van der Waals surface area contributed by atoms with Gasteiger partial charge in [-0.1, -0.05) is 12.1 Å². The molecule has 26 heavy (non-hydrogen) atoms. The van der Waals surface area contributed by atoms with E-state index in [9.17, 15) is 9.90 Å². The lowest BCUT2D eigenvalue weighted by Gasteiger charge is -2.37. The van der Waals surface area contributed by atoms with E-state index in [1.807, 2.05) is 0 Å². The van der Waals surface area contributed by atoms with E-state index < -0.39 is 11.8 Å². The Hall–Kier alpha value is -2.71. The number of anilines is 3. The molecule has 2 N–H and O–H groups in total. The van der Waals surface area contributed by atoms with Gasteiger partial charge in [-0.25, -0.2) is 9.78 Å². The number of rotatable bonds is 4. The summed E-state index contributed by atoms with van der Waals surface area (Å²) in [5.41, 5.74) is 0.693. The second-order valence-electron chi connectivity index (χ2n) is 6.31. The van der Waals surface area contributed by atoms with Gasteiger partial charge in [0.1, 0.15) is 5.82 Å². The number of nitrogens with zero attached hydrogens (tertiary/aromatic N) is 3. The summed E-state index contributed by atoms with van der Waals surface area (Å²) >= 11 is 0. The smallest absolute Gasteiger partial charge is 0.337 e. The summed E-state index contributed by atoms with van der Waals surface area (Å²) in [6.07, 6.45) is 3.21. The number of carbonyl (C=O) groups is 1. The van der Waals surface area contributed by atoms with Gasteiger partial charge in [-0.15, -0.1) is 0 Å². The van der Waals surface area contributed by atoms with Crippen molar-refractivity contribution < 1.29 is 19.4 Å². The van der Waals surface area contributed by atoms with Crippen LogP contribution in [-0.2, 0) is 9.47 Å². The highest BCUT2D eigenvalue weighted by atomic mass is 16.7. The van der Waals surface area contributed by atoms with Crippen molar-refractivity contribution in [1.29, 1.82) is 0 Å². The third-order valence-corrected chi connectivity index (χ3v) is 4.68. The molecule has 0 atom stereocenters. The van der Waals surface area contributed by atoms with Crippen LogP contribution in [0.25, 0.3) is 0 Å². The maximum Gasteiger partial charge on any atom is 0.337 e. The highest BCUT2D eigenvalue weighted by Gasteiger charge is 2.40. The lowest BCUT2D eigenvalue weighted by Crippen LogP contribution is -2.45. The van der Waals surface area contributed by atoms with E-state index in [0.717, 1.165) is 25.9 Å². The molecule has 0 unspecified atom stereocenters. The quantitative estimate of drug-likeness (QED) is 0.861. The molecule has 8 heteroatoms. The van der Waals surface area contributed by atoms with Gasteiger partial charge in [0.15, 0.2) is 5.79 Å². The molecule has 1 aromatic heterocycles. The van der Waals surface area contributed by atoms with Crippen LogP contribution in [0.5, 0.6) is 0 Å². The number of aromatic carboxylic acids is 1. The molecule has 0 radical (unpaired) electrons. The van der Waals surface area contributed by atoms with E-state index in [0.29, 0.717) is 30.7 Å². The normalized spacial score (nSPS) is 18.8. The molecule has 2 saturated heterocycles. The van der Waals surface area contributed by atoms with E-state index in [1.165, 1.54) is 0 Å². The molecule has 3 heterocycles. The molecule has 0 aliphatic carbocycles. The Morgan fingerprint density at radius 1 is 1.15 bits per heavy atom. The van der Waals surface area contributed by atoms with Crippen molar-refractivity contribution in [3.8, 4) is 0 Å². The predicted molar refractivity (Wildman–Crippen MR) is 94.8 cm³/mol. The number of para-hydroxylation sites is 1. The van der Waals surface area contributed by atoms with Gasteiger partial charge in [0, 0.05) is 32.1 Å². The zero-order valence-corrected chi connectivity index (χ0v) is 14.2. The van der Waals surface area contributed by atoms with Crippen molar-refractivity contribution in [2.24, 2.45) is 0 Å². The largest absolute Gasteiger partial charge is 0.478 e. The second kappa shape index (κ2) is 6.89. The molecular weight excluding hydrogens is 336 g/mol. The van der Waals surface area contributed by atoms with E-state index >= 15 is 0 Å². The van der Waals surface area contributed by atoms with Crippen LogP contribution in [0.2, 0.25) is 0 Å². The minimum atomic E-state index is -0.986. The van der Waals surface area contributed by atoms with Gasteiger partial charge in [-0.05, 0) is 18.2 Å². The third-order valence-electron chi connectivity index (χ3n) is 4.68. The van der Waals surface area contributed by atoms with Crippen molar-refractivity contribution in [3.05, 3.63) is 42.1 Å². The Balaban J connectivity index is 1.48. The summed E-state index contributed by atoms with van der Waals surface area (Å²) < 4.78 is 11.5. The van der Waals surface area contributed by atoms with Gasteiger partial charge in [0.2, 0.25) is 5.95 Å². The maximum atomic E-state index is 11.3. The highest BCUT2D eigenvalue weighted by molar-refractivity contribution is 5.94.